The largest absolute Gasteiger partial charge is 0.454 e. The molecule has 2 aromatic heterocycles. The van der Waals surface area contributed by atoms with E-state index in [1.807, 2.05) is 25.1 Å². The summed E-state index contributed by atoms with van der Waals surface area (Å²) in [6.45, 7) is 2.40. The molecule has 0 unspecified atom stereocenters. The van der Waals surface area contributed by atoms with Gasteiger partial charge in [0.1, 0.15) is 12.1 Å². The third-order valence-corrected chi connectivity index (χ3v) is 4.06. The van der Waals surface area contributed by atoms with E-state index in [4.69, 9.17) is 9.47 Å². The van der Waals surface area contributed by atoms with Crippen LogP contribution in [0.2, 0.25) is 0 Å². The maximum Gasteiger partial charge on any atom is 0.353 e. The Bertz CT molecular complexity index is 1040. The molecule has 0 saturated carbocycles. The van der Waals surface area contributed by atoms with Gasteiger partial charge in [-0.1, -0.05) is 6.07 Å². The Morgan fingerprint density at radius 1 is 1.11 bits per heavy atom. The molecule has 10 nitrogen and oxygen atoms in total. The van der Waals surface area contributed by atoms with E-state index >= 15 is 0 Å². The minimum Gasteiger partial charge on any atom is -0.454 e. The molecule has 3 aromatic rings. The van der Waals surface area contributed by atoms with Crippen LogP contribution in [0.15, 0.2) is 42.9 Å². The minimum absolute atomic E-state index is 0.0614. The highest BCUT2D eigenvalue weighted by Crippen LogP contribution is 2.34. The molecule has 0 fully saturated rings. The molecule has 3 heterocycles. The highest BCUT2D eigenvalue weighted by atomic mass is 16.7. The van der Waals surface area contributed by atoms with Crippen LogP contribution >= 0.6 is 0 Å². The topological polar surface area (TPSA) is 124 Å². The van der Waals surface area contributed by atoms with E-state index in [2.05, 4.69) is 25.6 Å². The number of nitrogens with zero attached hydrogens (tertiary/aromatic N) is 4. The molecule has 1 aliphatic heterocycles. The highest BCUT2D eigenvalue weighted by Gasteiger charge is 2.23. The molecule has 0 spiro atoms. The quantitative estimate of drug-likeness (QED) is 0.490. The zero-order valence-corrected chi connectivity index (χ0v) is 14.9. The van der Waals surface area contributed by atoms with Gasteiger partial charge in [-0.3, -0.25) is 10.1 Å². The van der Waals surface area contributed by atoms with Crippen LogP contribution in [0.3, 0.4) is 0 Å². The second-order valence-corrected chi connectivity index (χ2v) is 6.06. The van der Waals surface area contributed by atoms with E-state index in [-0.39, 0.29) is 24.1 Å². The predicted octanol–water partition coefficient (Wildman–Crippen LogP) is 3.17. The monoisotopic (exact) mass is 380 g/mol. The van der Waals surface area contributed by atoms with E-state index < -0.39 is 4.92 Å². The Kier molecular flexibility index (Phi) is 4.58. The zero-order valence-electron chi connectivity index (χ0n) is 14.9. The summed E-state index contributed by atoms with van der Waals surface area (Å²) in [5, 5.41) is 17.5. The van der Waals surface area contributed by atoms with Crippen molar-refractivity contribution in [3.63, 3.8) is 0 Å². The van der Waals surface area contributed by atoms with E-state index in [9.17, 15) is 10.1 Å². The molecular formula is C18H16N6O4. The van der Waals surface area contributed by atoms with Crippen molar-refractivity contribution in [3.05, 3.63) is 64.1 Å². The fourth-order valence-corrected chi connectivity index (χ4v) is 2.74. The van der Waals surface area contributed by atoms with Crippen LogP contribution in [0.5, 0.6) is 11.5 Å². The van der Waals surface area contributed by atoms with Gasteiger partial charge in [0.2, 0.25) is 18.4 Å². The van der Waals surface area contributed by atoms with Crippen molar-refractivity contribution >= 4 is 23.1 Å². The number of fused-ring (bicyclic) bond motifs is 1. The van der Waals surface area contributed by atoms with Crippen LogP contribution in [0.25, 0.3) is 0 Å². The van der Waals surface area contributed by atoms with Crippen molar-refractivity contribution in [1.29, 1.82) is 0 Å². The number of aromatic nitrogens is 3. The van der Waals surface area contributed by atoms with Gasteiger partial charge in [0.05, 0.1) is 4.92 Å². The average Bonchev–Trinajstić information content (AvgIpc) is 3.14. The minimum atomic E-state index is -0.528. The van der Waals surface area contributed by atoms with Crippen molar-refractivity contribution in [2.24, 2.45) is 0 Å². The SMILES string of the molecule is Cc1ccnc(Nc2ncnc(NCc3ccc4c(c3)OCO4)c2[N+](=O)[O-])c1. The fraction of sp³-hybridized carbons (Fsp3) is 0.167. The van der Waals surface area contributed by atoms with Crippen LogP contribution in [0.4, 0.5) is 23.1 Å². The molecule has 0 saturated heterocycles. The molecule has 10 heteroatoms. The van der Waals surface area contributed by atoms with Crippen LogP contribution in [-0.4, -0.2) is 26.7 Å². The molecule has 0 aliphatic carbocycles. The summed E-state index contributed by atoms with van der Waals surface area (Å²) in [6.07, 6.45) is 2.87. The number of rotatable bonds is 6. The smallest absolute Gasteiger partial charge is 0.353 e. The first-order valence-electron chi connectivity index (χ1n) is 8.41. The number of nitro groups is 1. The summed E-state index contributed by atoms with van der Waals surface area (Å²) in [4.78, 5) is 23.3. The summed E-state index contributed by atoms with van der Waals surface area (Å²) in [7, 11) is 0. The molecule has 1 aromatic carbocycles. The molecule has 0 bridgehead atoms. The van der Waals surface area contributed by atoms with Gasteiger partial charge in [0.15, 0.2) is 11.5 Å². The van der Waals surface area contributed by atoms with Gasteiger partial charge in [0.25, 0.3) is 0 Å². The summed E-state index contributed by atoms with van der Waals surface area (Å²) in [5.74, 6) is 1.95. The van der Waals surface area contributed by atoms with Crippen LogP contribution in [-0.2, 0) is 6.54 Å². The van der Waals surface area contributed by atoms with Crippen molar-refractivity contribution in [1.82, 2.24) is 15.0 Å². The first-order chi connectivity index (χ1) is 13.6. The third kappa shape index (κ3) is 3.61. The van der Waals surface area contributed by atoms with Gasteiger partial charge < -0.3 is 20.1 Å². The summed E-state index contributed by atoms with van der Waals surface area (Å²) < 4.78 is 10.6. The lowest BCUT2D eigenvalue weighted by atomic mass is 10.2. The Morgan fingerprint density at radius 3 is 2.75 bits per heavy atom. The fourth-order valence-electron chi connectivity index (χ4n) is 2.74. The van der Waals surface area contributed by atoms with Gasteiger partial charge in [-0.15, -0.1) is 0 Å². The summed E-state index contributed by atoms with van der Waals surface area (Å²) >= 11 is 0. The first kappa shape index (κ1) is 17.5. The van der Waals surface area contributed by atoms with Crippen molar-refractivity contribution in [2.75, 3.05) is 17.4 Å². The van der Waals surface area contributed by atoms with Gasteiger partial charge in [-0.25, -0.2) is 15.0 Å². The highest BCUT2D eigenvalue weighted by molar-refractivity contribution is 5.72. The maximum absolute atomic E-state index is 11.7. The Hall–Kier alpha value is -3.95. The second-order valence-electron chi connectivity index (χ2n) is 6.06. The van der Waals surface area contributed by atoms with E-state index in [0.29, 0.717) is 23.9 Å². The number of nitrogens with one attached hydrogen (secondary N) is 2. The number of hydrogen-bond acceptors (Lipinski definition) is 9. The lowest BCUT2D eigenvalue weighted by Crippen LogP contribution is -2.08. The van der Waals surface area contributed by atoms with Crippen molar-refractivity contribution in [2.45, 2.75) is 13.5 Å². The standard InChI is InChI=1S/C18H16N6O4/c1-11-4-5-19-15(6-11)23-18-16(24(25)26)17(21-9-22-18)20-8-12-2-3-13-14(7-12)28-10-27-13/h2-7,9H,8,10H2,1H3,(H2,19,20,21,22,23). The Balaban J connectivity index is 1.57. The van der Waals surface area contributed by atoms with Crippen molar-refractivity contribution in [3.8, 4) is 11.5 Å². The molecule has 2 N–H and O–H groups in total. The molecule has 142 valence electrons. The molecule has 1 aliphatic rings. The number of aryl methyl sites for hydroxylation is 1. The van der Waals surface area contributed by atoms with Gasteiger partial charge in [-0.2, -0.15) is 0 Å². The van der Waals surface area contributed by atoms with Gasteiger partial charge in [0, 0.05) is 12.7 Å². The van der Waals surface area contributed by atoms with Crippen LogP contribution in [0.1, 0.15) is 11.1 Å². The van der Waals surface area contributed by atoms with E-state index in [0.717, 1.165) is 11.1 Å². The maximum atomic E-state index is 11.7. The number of benzene rings is 1. The number of ether oxygens (including phenoxy) is 2. The van der Waals surface area contributed by atoms with Gasteiger partial charge in [-0.05, 0) is 42.3 Å². The third-order valence-electron chi connectivity index (χ3n) is 4.06. The molecule has 4 rings (SSSR count). The molecular weight excluding hydrogens is 364 g/mol. The molecule has 0 atom stereocenters. The number of hydrogen-bond donors (Lipinski definition) is 2. The molecule has 0 radical (unpaired) electrons. The van der Waals surface area contributed by atoms with E-state index in [1.54, 1.807) is 18.3 Å². The lowest BCUT2D eigenvalue weighted by Gasteiger charge is -2.10. The summed E-state index contributed by atoms with van der Waals surface area (Å²) in [5.41, 5.74) is 1.58. The number of pyridine rings is 1. The van der Waals surface area contributed by atoms with Crippen LogP contribution < -0.4 is 20.1 Å². The van der Waals surface area contributed by atoms with Crippen LogP contribution in [0, 0.1) is 17.0 Å². The first-order valence-corrected chi connectivity index (χ1v) is 8.41. The summed E-state index contributed by atoms with van der Waals surface area (Å²) in [6, 6.07) is 9.06. The molecule has 28 heavy (non-hydrogen) atoms. The average molecular weight is 380 g/mol. The van der Waals surface area contributed by atoms with Crippen molar-refractivity contribution < 1.29 is 14.4 Å². The van der Waals surface area contributed by atoms with Gasteiger partial charge >= 0.3 is 5.69 Å². The molecule has 0 amide bonds. The Morgan fingerprint density at radius 2 is 1.93 bits per heavy atom. The van der Waals surface area contributed by atoms with E-state index in [1.165, 1.54) is 6.33 Å². The zero-order chi connectivity index (χ0) is 19.5. The number of anilines is 3. The predicted molar refractivity (Wildman–Crippen MR) is 101 cm³/mol. The second kappa shape index (κ2) is 7.35. The Labute approximate surface area is 159 Å². The lowest BCUT2D eigenvalue weighted by molar-refractivity contribution is -0.383. The normalized spacial score (nSPS) is 11.9.